The Bertz CT molecular complexity index is 756. The zero-order valence-electron chi connectivity index (χ0n) is 13.6. The van der Waals surface area contributed by atoms with Gasteiger partial charge in [-0.2, -0.15) is 0 Å². The molecule has 0 N–H and O–H groups in total. The average molecular weight is 332 g/mol. The fourth-order valence-electron chi connectivity index (χ4n) is 3.03. The number of hydrogen-bond donors (Lipinski definition) is 0. The van der Waals surface area contributed by atoms with Crippen LogP contribution >= 0.6 is 11.3 Å². The topological polar surface area (TPSA) is 66.4 Å². The van der Waals surface area contributed by atoms with Gasteiger partial charge in [-0.05, 0) is 6.42 Å². The van der Waals surface area contributed by atoms with E-state index in [4.69, 9.17) is 0 Å². The molecule has 1 aliphatic rings. The van der Waals surface area contributed by atoms with Crippen LogP contribution < -0.4 is 0 Å². The predicted molar refractivity (Wildman–Crippen MR) is 89.7 cm³/mol. The first-order chi connectivity index (χ1) is 11.0. The number of hydrogen-bond acceptors (Lipinski definition) is 5. The smallest absolute Gasteiger partial charge is 0.263 e. The fourth-order valence-corrected chi connectivity index (χ4v) is 4.24. The second-order valence-electron chi connectivity index (χ2n) is 5.93. The number of carbonyl (C=O) groups is 2. The summed E-state index contributed by atoms with van der Waals surface area (Å²) >= 11 is 1.39. The van der Waals surface area contributed by atoms with E-state index in [1.807, 2.05) is 11.8 Å². The van der Waals surface area contributed by atoms with Crippen LogP contribution in [-0.4, -0.2) is 58.8 Å². The van der Waals surface area contributed by atoms with Crippen molar-refractivity contribution in [2.45, 2.75) is 25.7 Å². The van der Waals surface area contributed by atoms with Gasteiger partial charge in [-0.3, -0.25) is 14.6 Å². The maximum atomic E-state index is 12.6. The minimum atomic E-state index is -0.0231. The molecule has 2 aromatic rings. The Hall–Kier alpha value is -2.02. The van der Waals surface area contributed by atoms with Crippen molar-refractivity contribution in [2.24, 2.45) is 0 Å². The molecule has 1 aliphatic heterocycles. The molecule has 2 aromatic heterocycles. The highest BCUT2D eigenvalue weighted by Gasteiger charge is 2.33. The van der Waals surface area contributed by atoms with E-state index in [9.17, 15) is 9.59 Å². The predicted octanol–water partition coefficient (Wildman–Crippen LogP) is 2.12. The summed E-state index contributed by atoms with van der Waals surface area (Å²) in [7, 11) is 3.50. The maximum Gasteiger partial charge on any atom is 0.263 e. The number of fused-ring (bicyclic) bond motifs is 1. The molecule has 0 spiro atoms. The summed E-state index contributed by atoms with van der Waals surface area (Å²) in [6.45, 7) is 3.27. The minimum Gasteiger partial charge on any atom is -0.344 e. The molecular formula is C16H20N4O2S. The summed E-state index contributed by atoms with van der Waals surface area (Å²) in [6.07, 6.45) is 4.68. The van der Waals surface area contributed by atoms with Gasteiger partial charge in [0.2, 0.25) is 5.91 Å². The Morgan fingerprint density at radius 1 is 1.35 bits per heavy atom. The third-order valence-electron chi connectivity index (χ3n) is 4.22. The molecule has 0 radical (unpaired) electrons. The SMILES string of the molecule is CCC(=O)N1CC[C@@H](c2c(C(=O)N(C)C)sc3nccnc23)C1. The van der Waals surface area contributed by atoms with Gasteiger partial charge in [-0.25, -0.2) is 4.98 Å². The van der Waals surface area contributed by atoms with Gasteiger partial charge in [0.25, 0.3) is 5.91 Å². The zero-order valence-corrected chi connectivity index (χ0v) is 14.4. The Labute approximate surface area is 139 Å². The Kier molecular flexibility index (Phi) is 4.30. The van der Waals surface area contributed by atoms with Crippen LogP contribution in [0.5, 0.6) is 0 Å². The normalized spacial score (nSPS) is 17.7. The van der Waals surface area contributed by atoms with Crippen molar-refractivity contribution in [2.75, 3.05) is 27.2 Å². The van der Waals surface area contributed by atoms with Gasteiger partial charge in [0.05, 0.1) is 4.88 Å². The van der Waals surface area contributed by atoms with E-state index in [-0.39, 0.29) is 17.7 Å². The molecule has 2 amide bonds. The summed E-state index contributed by atoms with van der Waals surface area (Å²) < 4.78 is 0. The number of carbonyl (C=O) groups excluding carboxylic acids is 2. The molecule has 1 fully saturated rings. The Morgan fingerprint density at radius 2 is 2.09 bits per heavy atom. The van der Waals surface area contributed by atoms with Crippen LogP contribution in [0.25, 0.3) is 10.3 Å². The van der Waals surface area contributed by atoms with Crippen molar-refractivity contribution in [1.29, 1.82) is 0 Å². The van der Waals surface area contributed by atoms with Gasteiger partial charge in [-0.1, -0.05) is 6.92 Å². The third kappa shape index (κ3) is 2.81. The molecule has 23 heavy (non-hydrogen) atoms. The largest absolute Gasteiger partial charge is 0.344 e. The van der Waals surface area contributed by atoms with Crippen molar-refractivity contribution in [3.63, 3.8) is 0 Å². The van der Waals surface area contributed by atoms with Gasteiger partial charge < -0.3 is 9.80 Å². The van der Waals surface area contributed by atoms with Crippen molar-refractivity contribution in [3.05, 3.63) is 22.8 Å². The van der Waals surface area contributed by atoms with Crippen LogP contribution in [0.1, 0.15) is 40.9 Å². The second kappa shape index (κ2) is 6.23. The first kappa shape index (κ1) is 15.9. The van der Waals surface area contributed by atoms with Crippen molar-refractivity contribution in [3.8, 4) is 0 Å². The summed E-state index contributed by atoms with van der Waals surface area (Å²) in [6, 6.07) is 0. The lowest BCUT2D eigenvalue weighted by atomic mass is 9.97. The third-order valence-corrected chi connectivity index (χ3v) is 5.31. The monoisotopic (exact) mass is 332 g/mol. The van der Waals surface area contributed by atoms with Crippen LogP contribution in [0, 0.1) is 0 Å². The molecule has 122 valence electrons. The molecule has 0 unspecified atom stereocenters. The van der Waals surface area contributed by atoms with E-state index in [0.29, 0.717) is 17.8 Å². The molecule has 1 saturated heterocycles. The zero-order chi connectivity index (χ0) is 16.6. The fraction of sp³-hybridized carbons (Fsp3) is 0.500. The number of aromatic nitrogens is 2. The lowest BCUT2D eigenvalue weighted by Gasteiger charge is -2.17. The summed E-state index contributed by atoms with van der Waals surface area (Å²) in [5, 5.41) is 0. The molecule has 3 rings (SSSR count). The molecule has 7 heteroatoms. The van der Waals surface area contributed by atoms with E-state index in [0.717, 1.165) is 28.9 Å². The highest BCUT2D eigenvalue weighted by molar-refractivity contribution is 7.20. The number of rotatable bonds is 3. The lowest BCUT2D eigenvalue weighted by Crippen LogP contribution is -2.28. The summed E-state index contributed by atoms with van der Waals surface area (Å²) in [4.78, 5) is 38.3. The second-order valence-corrected chi connectivity index (χ2v) is 6.93. The van der Waals surface area contributed by atoms with Crippen molar-refractivity contribution in [1.82, 2.24) is 19.8 Å². The molecule has 3 heterocycles. The molecule has 6 nitrogen and oxygen atoms in total. The molecule has 0 saturated carbocycles. The molecule has 0 aliphatic carbocycles. The van der Waals surface area contributed by atoms with Gasteiger partial charge in [-0.15, -0.1) is 11.3 Å². The van der Waals surface area contributed by atoms with E-state index >= 15 is 0 Å². The van der Waals surface area contributed by atoms with Gasteiger partial charge >= 0.3 is 0 Å². The molecule has 0 aromatic carbocycles. The number of likely N-dealkylation sites (tertiary alicyclic amines) is 1. The standard InChI is InChI=1S/C16H20N4O2S/c1-4-11(21)20-8-5-10(9-20)12-13-15(18-7-6-17-13)23-14(12)16(22)19(2)3/h6-7,10H,4-5,8-9H2,1-3H3/t10-/m1/s1. The number of nitrogens with zero attached hydrogens (tertiary/aromatic N) is 4. The number of amides is 2. The van der Waals surface area contributed by atoms with Crippen molar-refractivity contribution < 1.29 is 9.59 Å². The van der Waals surface area contributed by atoms with E-state index in [2.05, 4.69) is 9.97 Å². The van der Waals surface area contributed by atoms with Gasteiger partial charge in [0.1, 0.15) is 10.3 Å². The summed E-state index contributed by atoms with van der Waals surface area (Å²) in [5.41, 5.74) is 1.77. The van der Waals surface area contributed by atoms with Gasteiger partial charge in [0, 0.05) is 57.5 Å². The Morgan fingerprint density at radius 3 is 2.78 bits per heavy atom. The summed E-state index contributed by atoms with van der Waals surface area (Å²) in [5.74, 6) is 0.290. The van der Waals surface area contributed by atoms with Crippen molar-refractivity contribution >= 4 is 33.5 Å². The quantitative estimate of drug-likeness (QED) is 0.863. The van der Waals surface area contributed by atoms with Crippen LogP contribution in [-0.2, 0) is 4.79 Å². The van der Waals surface area contributed by atoms with E-state index in [1.165, 1.54) is 11.3 Å². The van der Waals surface area contributed by atoms with E-state index in [1.54, 1.807) is 31.4 Å². The highest BCUT2D eigenvalue weighted by Crippen LogP contribution is 2.38. The maximum absolute atomic E-state index is 12.6. The number of thiophene rings is 1. The van der Waals surface area contributed by atoms with Crippen LogP contribution in [0.15, 0.2) is 12.4 Å². The minimum absolute atomic E-state index is 0.0231. The highest BCUT2D eigenvalue weighted by atomic mass is 32.1. The van der Waals surface area contributed by atoms with Crippen LogP contribution in [0.4, 0.5) is 0 Å². The lowest BCUT2D eigenvalue weighted by molar-refractivity contribution is -0.129. The van der Waals surface area contributed by atoms with Crippen LogP contribution in [0.2, 0.25) is 0 Å². The molecule has 0 bridgehead atoms. The average Bonchev–Trinajstić information content (AvgIpc) is 3.17. The molecule has 1 atom stereocenters. The Balaban J connectivity index is 2.04. The van der Waals surface area contributed by atoms with Crippen LogP contribution in [0.3, 0.4) is 0 Å². The first-order valence-corrected chi connectivity index (χ1v) is 8.57. The van der Waals surface area contributed by atoms with E-state index < -0.39 is 0 Å². The van der Waals surface area contributed by atoms with Gasteiger partial charge in [0.15, 0.2) is 0 Å². The molecular weight excluding hydrogens is 312 g/mol. The first-order valence-electron chi connectivity index (χ1n) is 7.75.